The number of carboxylic acids is 1. The largest absolute Gasteiger partial charge is 0.478 e. The summed E-state index contributed by atoms with van der Waals surface area (Å²) in [6.45, 7) is 5.16. The van der Waals surface area contributed by atoms with Crippen LogP contribution in [0.15, 0.2) is 12.7 Å². The fourth-order valence-electron chi connectivity index (χ4n) is 0.204. The number of carbonyl (C=O) groups is 1. The lowest BCUT2D eigenvalue weighted by Gasteiger charge is -1.79. The van der Waals surface area contributed by atoms with Crippen molar-refractivity contribution in [3.05, 3.63) is 12.7 Å². The molecule has 3 heteroatoms. The monoisotopic (exact) mass is 162 g/mol. The molecule has 0 bridgehead atoms. The summed E-state index contributed by atoms with van der Waals surface area (Å²) >= 11 is 0. The molecule has 0 saturated heterocycles. The summed E-state index contributed by atoms with van der Waals surface area (Å²) in [4.78, 5) is 9.25. The zero-order valence-corrected chi connectivity index (χ0v) is 7.49. The van der Waals surface area contributed by atoms with E-state index in [1.807, 2.05) is 0 Å². The molecule has 0 aliphatic heterocycles. The Hall–Kier alpha value is -0.360. The number of hydrogen-bond acceptors (Lipinski definition) is 1. The number of unbranched alkanes of at least 4 members (excludes halogenated alkanes) is 1. The average Bonchev–Trinajstić information content (AvgIpc) is 1.91. The quantitative estimate of drug-likeness (QED) is 0.508. The molecular formula is C7H15O2P. The minimum absolute atomic E-state index is 0.833. The van der Waals surface area contributed by atoms with Gasteiger partial charge in [-0.15, -0.1) is 9.24 Å². The van der Waals surface area contributed by atoms with Crippen LogP contribution < -0.4 is 0 Å². The van der Waals surface area contributed by atoms with Gasteiger partial charge in [-0.25, -0.2) is 4.79 Å². The number of aliphatic carboxylic acids is 1. The van der Waals surface area contributed by atoms with Gasteiger partial charge in [0, 0.05) is 6.08 Å². The van der Waals surface area contributed by atoms with Gasteiger partial charge in [-0.3, -0.25) is 0 Å². The molecule has 0 saturated carbocycles. The summed E-state index contributed by atoms with van der Waals surface area (Å²) in [5.41, 5.74) is 0. The molecular weight excluding hydrogens is 147 g/mol. The van der Waals surface area contributed by atoms with Crippen LogP contribution in [0.2, 0.25) is 0 Å². The standard InChI is InChI=1S/C4H11P.C3H4O2/c1-2-3-4-5;1-2-3(4)5/h2-5H2,1H3;2H,1H2,(H,4,5). The predicted octanol–water partition coefficient (Wildman–Crippen LogP) is 1.92. The fraction of sp³-hybridized carbons (Fsp3) is 0.571. The molecule has 0 aliphatic carbocycles. The first-order chi connectivity index (χ1) is 4.68. The highest BCUT2D eigenvalue weighted by Crippen LogP contribution is 1.89. The van der Waals surface area contributed by atoms with Crippen molar-refractivity contribution in [2.24, 2.45) is 0 Å². The Bertz CT molecular complexity index is 89.6. The molecule has 60 valence electrons. The maximum absolute atomic E-state index is 9.25. The van der Waals surface area contributed by atoms with Crippen molar-refractivity contribution < 1.29 is 9.90 Å². The molecule has 0 aromatic heterocycles. The van der Waals surface area contributed by atoms with Gasteiger partial charge >= 0.3 is 5.97 Å². The van der Waals surface area contributed by atoms with Crippen LogP contribution in [-0.4, -0.2) is 17.2 Å². The van der Waals surface area contributed by atoms with Crippen molar-refractivity contribution in [1.29, 1.82) is 0 Å². The lowest BCUT2D eigenvalue weighted by molar-refractivity contribution is -0.131. The number of hydrogen-bond donors (Lipinski definition) is 1. The highest BCUT2D eigenvalue weighted by atomic mass is 31.0. The Balaban J connectivity index is 0. The van der Waals surface area contributed by atoms with Crippen molar-refractivity contribution >= 4 is 15.2 Å². The molecule has 10 heavy (non-hydrogen) atoms. The maximum atomic E-state index is 9.25. The Labute approximate surface area is 64.5 Å². The molecule has 0 radical (unpaired) electrons. The van der Waals surface area contributed by atoms with Gasteiger partial charge < -0.3 is 5.11 Å². The molecule has 1 atom stereocenters. The minimum atomic E-state index is -0.981. The summed E-state index contributed by atoms with van der Waals surface area (Å²) in [6.07, 6.45) is 4.77. The Morgan fingerprint density at radius 3 is 2.20 bits per heavy atom. The molecule has 1 N–H and O–H groups in total. The van der Waals surface area contributed by atoms with Crippen LogP contribution in [0.5, 0.6) is 0 Å². The van der Waals surface area contributed by atoms with Gasteiger partial charge in [0.05, 0.1) is 0 Å². The molecule has 1 unspecified atom stereocenters. The zero-order valence-electron chi connectivity index (χ0n) is 6.34. The summed E-state index contributed by atoms with van der Waals surface area (Å²) < 4.78 is 0. The topological polar surface area (TPSA) is 37.3 Å². The van der Waals surface area contributed by atoms with Crippen molar-refractivity contribution in [3.8, 4) is 0 Å². The van der Waals surface area contributed by atoms with Crippen LogP contribution in [0.25, 0.3) is 0 Å². The third-order valence-corrected chi connectivity index (χ3v) is 1.14. The average molecular weight is 162 g/mol. The van der Waals surface area contributed by atoms with E-state index in [4.69, 9.17) is 5.11 Å². The van der Waals surface area contributed by atoms with Crippen molar-refractivity contribution in [3.63, 3.8) is 0 Å². The maximum Gasteiger partial charge on any atom is 0.327 e. The second-order valence-electron chi connectivity index (χ2n) is 1.68. The van der Waals surface area contributed by atoms with Crippen LogP contribution in [0.3, 0.4) is 0 Å². The first-order valence-corrected chi connectivity index (χ1v) is 4.06. The van der Waals surface area contributed by atoms with Gasteiger partial charge in [0.2, 0.25) is 0 Å². The highest BCUT2D eigenvalue weighted by molar-refractivity contribution is 7.16. The molecule has 0 aromatic rings. The van der Waals surface area contributed by atoms with E-state index in [0.717, 1.165) is 6.08 Å². The smallest absolute Gasteiger partial charge is 0.327 e. The van der Waals surface area contributed by atoms with E-state index in [1.54, 1.807) is 0 Å². The highest BCUT2D eigenvalue weighted by Gasteiger charge is 1.73. The lowest BCUT2D eigenvalue weighted by atomic mass is 10.4. The van der Waals surface area contributed by atoms with Crippen LogP contribution in [0.1, 0.15) is 19.8 Å². The van der Waals surface area contributed by atoms with Gasteiger partial charge in [-0.1, -0.05) is 26.3 Å². The van der Waals surface area contributed by atoms with E-state index in [0.29, 0.717) is 0 Å². The van der Waals surface area contributed by atoms with E-state index in [9.17, 15) is 4.79 Å². The molecule has 0 amide bonds. The van der Waals surface area contributed by atoms with Gasteiger partial charge in [0.15, 0.2) is 0 Å². The molecule has 0 aliphatic rings. The predicted molar refractivity (Wildman–Crippen MR) is 47.3 cm³/mol. The Morgan fingerprint density at radius 1 is 1.80 bits per heavy atom. The van der Waals surface area contributed by atoms with Gasteiger partial charge in [0.1, 0.15) is 0 Å². The van der Waals surface area contributed by atoms with Crippen molar-refractivity contribution in [2.45, 2.75) is 19.8 Å². The second-order valence-corrected chi connectivity index (χ2v) is 2.26. The molecule has 0 fully saturated rings. The Morgan fingerprint density at radius 2 is 2.20 bits per heavy atom. The van der Waals surface area contributed by atoms with E-state index < -0.39 is 5.97 Å². The number of rotatable bonds is 3. The third-order valence-electron chi connectivity index (χ3n) is 0.732. The van der Waals surface area contributed by atoms with E-state index >= 15 is 0 Å². The van der Waals surface area contributed by atoms with Crippen LogP contribution in [0.4, 0.5) is 0 Å². The van der Waals surface area contributed by atoms with Crippen LogP contribution >= 0.6 is 9.24 Å². The molecule has 0 spiro atoms. The molecule has 0 heterocycles. The van der Waals surface area contributed by atoms with Gasteiger partial charge in [0.25, 0.3) is 0 Å². The third kappa shape index (κ3) is 25.4. The summed E-state index contributed by atoms with van der Waals surface area (Å²) in [7, 11) is 2.70. The van der Waals surface area contributed by atoms with E-state index in [1.165, 1.54) is 19.0 Å². The Kier molecular flexibility index (Phi) is 14.1. The van der Waals surface area contributed by atoms with E-state index in [-0.39, 0.29) is 0 Å². The molecule has 0 aromatic carbocycles. The van der Waals surface area contributed by atoms with Crippen LogP contribution in [-0.2, 0) is 4.79 Å². The van der Waals surface area contributed by atoms with Gasteiger partial charge in [-0.2, -0.15) is 0 Å². The molecule has 0 rings (SSSR count). The number of carboxylic acid groups (broad SMARTS) is 1. The summed E-state index contributed by atoms with van der Waals surface area (Å²) in [6, 6.07) is 0. The summed E-state index contributed by atoms with van der Waals surface area (Å²) in [5.74, 6) is -0.981. The van der Waals surface area contributed by atoms with Gasteiger partial charge in [-0.05, 0) is 6.16 Å². The van der Waals surface area contributed by atoms with Crippen LogP contribution in [0, 0.1) is 0 Å². The minimum Gasteiger partial charge on any atom is -0.478 e. The first kappa shape index (κ1) is 12.3. The normalized spacial score (nSPS) is 7.40. The first-order valence-electron chi connectivity index (χ1n) is 3.24. The summed E-state index contributed by atoms with van der Waals surface area (Å²) in [5, 5.41) is 7.60. The van der Waals surface area contributed by atoms with Crippen molar-refractivity contribution in [2.75, 3.05) is 6.16 Å². The SMILES string of the molecule is C=CC(=O)O.CCCCP. The zero-order chi connectivity index (χ0) is 8.41. The van der Waals surface area contributed by atoms with E-state index in [2.05, 4.69) is 22.7 Å². The molecule has 2 nitrogen and oxygen atoms in total. The second kappa shape index (κ2) is 11.4. The van der Waals surface area contributed by atoms with Crippen molar-refractivity contribution in [1.82, 2.24) is 0 Å². The lowest BCUT2D eigenvalue weighted by Crippen LogP contribution is -1.82. The fourth-order valence-corrected chi connectivity index (χ4v) is 0.612.